The van der Waals surface area contributed by atoms with Crippen molar-refractivity contribution in [3.63, 3.8) is 0 Å². The second-order valence-corrected chi connectivity index (χ2v) is 11.4. The van der Waals surface area contributed by atoms with E-state index in [4.69, 9.17) is 4.74 Å². The van der Waals surface area contributed by atoms with Gasteiger partial charge in [0, 0.05) is 0 Å². The molecule has 1 amide bonds. The molecule has 1 N–H and O–H groups in total. The van der Waals surface area contributed by atoms with Crippen LogP contribution in [0.25, 0.3) is 0 Å². The Morgan fingerprint density at radius 3 is 2.00 bits per heavy atom. The molecule has 2 rings (SSSR count). The second kappa shape index (κ2) is 8.42. The number of nitrogens with one attached hydrogen (secondary N) is 1. The summed E-state index contributed by atoms with van der Waals surface area (Å²) in [5, 5.41) is 0. The number of hydrogen-bond donors (Lipinski definition) is 1. The van der Waals surface area contributed by atoms with Gasteiger partial charge in [-0.25, -0.2) is 13.1 Å². The molecule has 0 aliphatic carbocycles. The molecule has 164 valence electrons. The Bertz CT molecular complexity index is 1010. The summed E-state index contributed by atoms with van der Waals surface area (Å²) in [6.45, 7) is 16.1. The van der Waals surface area contributed by atoms with E-state index in [2.05, 4.69) is 52.3 Å². The molecule has 6 heteroatoms. The van der Waals surface area contributed by atoms with Gasteiger partial charge < -0.3 is 4.74 Å². The van der Waals surface area contributed by atoms with Gasteiger partial charge in [-0.05, 0) is 54.0 Å². The van der Waals surface area contributed by atoms with Gasteiger partial charge in [-0.2, -0.15) is 0 Å². The van der Waals surface area contributed by atoms with Crippen LogP contribution in [0.5, 0.6) is 5.75 Å². The summed E-state index contributed by atoms with van der Waals surface area (Å²) in [5.74, 6) is -0.138. The Kier molecular flexibility index (Phi) is 6.72. The predicted molar refractivity (Wildman–Crippen MR) is 120 cm³/mol. The Hall–Kier alpha value is -2.34. The molecule has 5 nitrogen and oxygen atoms in total. The lowest BCUT2D eigenvalue weighted by Gasteiger charge is -2.28. The van der Waals surface area contributed by atoms with Gasteiger partial charge in [-0.3, -0.25) is 4.79 Å². The number of carbonyl (C=O) groups is 1. The van der Waals surface area contributed by atoms with Crippen LogP contribution >= 0.6 is 0 Å². The van der Waals surface area contributed by atoms with Crippen LogP contribution in [0.15, 0.2) is 47.4 Å². The second-order valence-electron chi connectivity index (χ2n) is 9.75. The van der Waals surface area contributed by atoms with Gasteiger partial charge in [0.2, 0.25) is 0 Å². The molecule has 0 bridgehead atoms. The van der Waals surface area contributed by atoms with Crippen molar-refractivity contribution < 1.29 is 17.9 Å². The average Bonchev–Trinajstić information content (AvgIpc) is 2.60. The van der Waals surface area contributed by atoms with E-state index in [0.717, 1.165) is 11.1 Å². The number of rotatable bonds is 5. The van der Waals surface area contributed by atoms with Gasteiger partial charge in [0.05, 0.1) is 4.90 Å². The molecule has 2 aromatic rings. The van der Waals surface area contributed by atoms with Gasteiger partial charge in [-0.15, -0.1) is 0 Å². The third-order valence-electron chi connectivity index (χ3n) is 4.89. The fraction of sp³-hybridized carbons (Fsp3) is 0.458. The van der Waals surface area contributed by atoms with Crippen LogP contribution in [0.4, 0.5) is 0 Å². The topological polar surface area (TPSA) is 72.5 Å². The van der Waals surface area contributed by atoms with E-state index in [1.807, 2.05) is 19.1 Å². The number of aryl methyl sites for hydroxylation is 1. The number of hydrogen-bond acceptors (Lipinski definition) is 4. The summed E-state index contributed by atoms with van der Waals surface area (Å²) >= 11 is 0. The van der Waals surface area contributed by atoms with Crippen molar-refractivity contribution in [3.05, 3.63) is 59.2 Å². The van der Waals surface area contributed by atoms with Crippen LogP contribution in [0, 0.1) is 6.92 Å². The normalized spacial score (nSPS) is 13.6. The van der Waals surface area contributed by atoms with E-state index < -0.39 is 22.0 Å². The number of carbonyl (C=O) groups excluding carboxylic acids is 1. The molecule has 0 saturated carbocycles. The van der Waals surface area contributed by atoms with Crippen LogP contribution in [0.3, 0.4) is 0 Å². The predicted octanol–water partition coefficient (Wildman–Crippen LogP) is 4.86. The monoisotopic (exact) mass is 431 g/mol. The first kappa shape index (κ1) is 23.9. The summed E-state index contributed by atoms with van der Waals surface area (Å²) in [6, 6.07) is 12.3. The van der Waals surface area contributed by atoms with Gasteiger partial charge in [-0.1, -0.05) is 71.4 Å². The molecule has 0 aliphatic rings. The highest BCUT2D eigenvalue weighted by atomic mass is 32.2. The Morgan fingerprint density at radius 2 is 1.50 bits per heavy atom. The molecular formula is C24H33NO4S. The first-order valence-electron chi connectivity index (χ1n) is 10.1. The minimum atomic E-state index is -3.96. The van der Waals surface area contributed by atoms with E-state index in [1.54, 1.807) is 19.1 Å². The van der Waals surface area contributed by atoms with Crippen molar-refractivity contribution in [2.24, 2.45) is 0 Å². The van der Waals surface area contributed by atoms with Crippen molar-refractivity contribution in [1.82, 2.24) is 4.72 Å². The zero-order valence-electron chi connectivity index (χ0n) is 19.2. The Balaban J connectivity index is 2.25. The smallest absolute Gasteiger partial charge is 0.274 e. The minimum Gasteiger partial charge on any atom is -0.481 e. The van der Waals surface area contributed by atoms with Crippen LogP contribution < -0.4 is 9.46 Å². The lowest BCUT2D eigenvalue weighted by molar-refractivity contribution is -0.125. The SMILES string of the molecule is Cc1ccc(S(=O)(=O)NC(=O)C(C)Oc2ccc(C(C)(C)C)cc2C(C)(C)C)cc1. The number of ether oxygens (including phenoxy) is 1. The number of amides is 1. The molecule has 1 unspecified atom stereocenters. The highest BCUT2D eigenvalue weighted by Crippen LogP contribution is 2.36. The highest BCUT2D eigenvalue weighted by Gasteiger charge is 2.27. The van der Waals surface area contributed by atoms with E-state index in [1.165, 1.54) is 17.7 Å². The van der Waals surface area contributed by atoms with Gasteiger partial charge >= 0.3 is 0 Å². The molecule has 0 aromatic heterocycles. The maximum atomic E-state index is 12.6. The minimum absolute atomic E-state index is 0.0242. The number of sulfonamides is 1. The first-order chi connectivity index (χ1) is 13.6. The molecule has 2 aromatic carbocycles. The van der Waals surface area contributed by atoms with Gasteiger partial charge in [0.25, 0.3) is 15.9 Å². The fourth-order valence-electron chi connectivity index (χ4n) is 2.92. The third-order valence-corrected chi connectivity index (χ3v) is 6.26. The molecule has 30 heavy (non-hydrogen) atoms. The van der Waals surface area contributed by atoms with Crippen molar-refractivity contribution in [1.29, 1.82) is 0 Å². The lowest BCUT2D eigenvalue weighted by Crippen LogP contribution is -2.40. The first-order valence-corrected chi connectivity index (χ1v) is 11.5. The Labute approximate surface area is 180 Å². The zero-order chi connectivity index (χ0) is 22.9. The molecular weight excluding hydrogens is 398 g/mol. The molecule has 0 heterocycles. The average molecular weight is 432 g/mol. The molecule has 0 spiro atoms. The van der Waals surface area contributed by atoms with E-state index >= 15 is 0 Å². The maximum absolute atomic E-state index is 12.6. The highest BCUT2D eigenvalue weighted by molar-refractivity contribution is 7.90. The zero-order valence-corrected chi connectivity index (χ0v) is 20.0. The van der Waals surface area contributed by atoms with Crippen molar-refractivity contribution in [2.45, 2.75) is 77.2 Å². The number of benzene rings is 2. The molecule has 0 fully saturated rings. The summed E-state index contributed by atoms with van der Waals surface area (Å²) < 4.78 is 33.0. The largest absolute Gasteiger partial charge is 0.481 e. The van der Waals surface area contributed by atoms with Crippen LogP contribution in [0.1, 0.15) is 65.2 Å². The van der Waals surface area contributed by atoms with Crippen molar-refractivity contribution in [2.75, 3.05) is 0 Å². The summed E-state index contributed by atoms with van der Waals surface area (Å²) in [5.41, 5.74) is 2.84. The van der Waals surface area contributed by atoms with Gasteiger partial charge in [0.1, 0.15) is 5.75 Å². The van der Waals surface area contributed by atoms with Crippen LogP contribution in [-0.2, 0) is 25.6 Å². The van der Waals surface area contributed by atoms with Gasteiger partial charge in [0.15, 0.2) is 6.10 Å². The third kappa shape index (κ3) is 5.85. The van der Waals surface area contributed by atoms with E-state index in [-0.39, 0.29) is 15.7 Å². The summed E-state index contributed by atoms with van der Waals surface area (Å²) in [4.78, 5) is 12.6. The quantitative estimate of drug-likeness (QED) is 0.734. The molecule has 0 aliphatic heterocycles. The van der Waals surface area contributed by atoms with Crippen LogP contribution in [0.2, 0.25) is 0 Å². The lowest BCUT2D eigenvalue weighted by atomic mass is 9.80. The molecule has 1 atom stereocenters. The van der Waals surface area contributed by atoms with Crippen molar-refractivity contribution >= 4 is 15.9 Å². The molecule has 0 saturated heterocycles. The van der Waals surface area contributed by atoms with Crippen molar-refractivity contribution in [3.8, 4) is 5.75 Å². The maximum Gasteiger partial charge on any atom is 0.274 e. The summed E-state index contributed by atoms with van der Waals surface area (Å²) in [6.07, 6.45) is -0.980. The fourth-order valence-corrected chi connectivity index (χ4v) is 3.96. The Morgan fingerprint density at radius 1 is 0.933 bits per heavy atom. The van der Waals surface area contributed by atoms with Crippen LogP contribution in [-0.4, -0.2) is 20.4 Å². The van der Waals surface area contributed by atoms with E-state index in [0.29, 0.717) is 5.75 Å². The standard InChI is InChI=1S/C24H33NO4S/c1-16-9-12-19(13-10-16)30(27,28)25-22(26)17(2)29-21-14-11-18(23(3,4)5)15-20(21)24(6,7)8/h9-15,17H,1-8H3,(H,25,26). The summed E-state index contributed by atoms with van der Waals surface area (Å²) in [7, 11) is -3.96. The molecule has 0 radical (unpaired) electrons. The van der Waals surface area contributed by atoms with E-state index in [9.17, 15) is 13.2 Å².